The van der Waals surface area contributed by atoms with Gasteiger partial charge >= 0.3 is 0 Å². The second-order valence-corrected chi connectivity index (χ2v) is 7.28. The van der Waals surface area contributed by atoms with Crippen molar-refractivity contribution in [3.63, 3.8) is 0 Å². The quantitative estimate of drug-likeness (QED) is 0.909. The highest BCUT2D eigenvalue weighted by atomic mass is 32.2. The number of rotatable bonds is 3. The summed E-state index contributed by atoms with van der Waals surface area (Å²) in [6, 6.07) is 3.22. The van der Waals surface area contributed by atoms with Crippen LogP contribution in [0.15, 0.2) is 35.5 Å². The first-order valence-electron chi connectivity index (χ1n) is 6.93. The highest BCUT2D eigenvalue weighted by Gasteiger charge is 2.42. The molecule has 2 heterocycles. The average Bonchev–Trinajstić information content (AvgIpc) is 3.08. The monoisotopic (exact) mass is 343 g/mol. The molecule has 1 aromatic carbocycles. The van der Waals surface area contributed by atoms with Gasteiger partial charge in [-0.2, -0.15) is 9.40 Å². The van der Waals surface area contributed by atoms with Gasteiger partial charge in [0.05, 0.1) is 18.3 Å². The summed E-state index contributed by atoms with van der Waals surface area (Å²) in [5, 5.41) is 13.6. The van der Waals surface area contributed by atoms with E-state index in [-0.39, 0.29) is 23.6 Å². The van der Waals surface area contributed by atoms with Crippen molar-refractivity contribution in [1.29, 1.82) is 0 Å². The third kappa shape index (κ3) is 2.75. The van der Waals surface area contributed by atoms with Gasteiger partial charge in [-0.3, -0.25) is 4.68 Å². The maximum atomic E-state index is 14.0. The molecule has 124 valence electrons. The largest absolute Gasteiger partial charge is 0.392 e. The lowest BCUT2D eigenvalue weighted by molar-refractivity contribution is 0.188. The van der Waals surface area contributed by atoms with Crippen LogP contribution in [0.5, 0.6) is 0 Å². The third-order valence-corrected chi connectivity index (χ3v) is 5.85. The number of aryl methyl sites for hydroxylation is 1. The molecule has 0 bridgehead atoms. The Bertz CT molecular complexity index is 838. The molecule has 0 spiro atoms. The molecule has 0 amide bonds. The normalized spacial score (nSPS) is 22.6. The van der Waals surface area contributed by atoms with Crippen molar-refractivity contribution < 1.29 is 22.3 Å². The van der Waals surface area contributed by atoms with Gasteiger partial charge in [0.25, 0.3) is 10.0 Å². The van der Waals surface area contributed by atoms with E-state index in [2.05, 4.69) is 5.10 Å². The average molecular weight is 343 g/mol. The fraction of sp³-hybridized carbons (Fsp3) is 0.357. The summed E-state index contributed by atoms with van der Waals surface area (Å²) in [5.41, 5.74) is -0.0905. The molecule has 1 aliphatic rings. The Balaban J connectivity index is 2.07. The van der Waals surface area contributed by atoms with Crippen molar-refractivity contribution >= 4 is 10.0 Å². The number of aliphatic hydroxyl groups excluding tert-OH is 1. The molecule has 0 aliphatic carbocycles. The van der Waals surface area contributed by atoms with Crippen LogP contribution < -0.4 is 0 Å². The van der Waals surface area contributed by atoms with Crippen LogP contribution in [0, 0.1) is 11.6 Å². The van der Waals surface area contributed by atoms with E-state index in [0.717, 1.165) is 22.5 Å². The molecule has 1 aliphatic heterocycles. The molecule has 3 rings (SSSR count). The van der Waals surface area contributed by atoms with Crippen LogP contribution in [0.25, 0.3) is 0 Å². The van der Waals surface area contributed by atoms with Crippen molar-refractivity contribution in [3.05, 3.63) is 47.7 Å². The number of aliphatic hydroxyl groups is 1. The van der Waals surface area contributed by atoms with Gasteiger partial charge in [-0.05, 0) is 30.7 Å². The number of nitrogens with zero attached hydrogens (tertiary/aromatic N) is 3. The summed E-state index contributed by atoms with van der Waals surface area (Å²) in [6.07, 6.45) is 0.375. The Morgan fingerprint density at radius 2 is 2.04 bits per heavy atom. The van der Waals surface area contributed by atoms with Crippen LogP contribution in [0.1, 0.15) is 18.0 Å². The maximum absolute atomic E-state index is 14.0. The molecule has 6 nitrogen and oxygen atoms in total. The molecule has 1 saturated heterocycles. The number of sulfonamides is 1. The van der Waals surface area contributed by atoms with Gasteiger partial charge in [-0.25, -0.2) is 17.2 Å². The fourth-order valence-corrected chi connectivity index (χ4v) is 4.59. The zero-order valence-corrected chi connectivity index (χ0v) is 13.0. The minimum atomic E-state index is -4.00. The van der Waals surface area contributed by atoms with Crippen LogP contribution in [-0.4, -0.2) is 40.3 Å². The van der Waals surface area contributed by atoms with E-state index in [1.807, 2.05) is 0 Å². The van der Waals surface area contributed by atoms with E-state index in [1.54, 1.807) is 0 Å². The van der Waals surface area contributed by atoms with Gasteiger partial charge in [0.2, 0.25) is 0 Å². The van der Waals surface area contributed by atoms with Gasteiger partial charge < -0.3 is 5.11 Å². The second-order valence-electron chi connectivity index (χ2n) is 5.44. The molecule has 0 saturated carbocycles. The van der Waals surface area contributed by atoms with E-state index >= 15 is 0 Å². The maximum Gasteiger partial charge on any atom is 0.260 e. The first-order valence-corrected chi connectivity index (χ1v) is 8.37. The van der Waals surface area contributed by atoms with E-state index in [0.29, 0.717) is 0 Å². The molecule has 0 radical (unpaired) electrons. The lowest BCUT2D eigenvalue weighted by Gasteiger charge is -2.24. The zero-order valence-electron chi connectivity index (χ0n) is 12.2. The molecule has 1 fully saturated rings. The van der Waals surface area contributed by atoms with Gasteiger partial charge in [-0.15, -0.1) is 0 Å². The summed E-state index contributed by atoms with van der Waals surface area (Å²) >= 11 is 0. The predicted molar refractivity (Wildman–Crippen MR) is 76.8 cm³/mol. The van der Waals surface area contributed by atoms with E-state index < -0.39 is 33.8 Å². The third-order valence-electron chi connectivity index (χ3n) is 3.90. The molecule has 1 N–H and O–H groups in total. The lowest BCUT2D eigenvalue weighted by atomic mass is 10.0. The zero-order chi connectivity index (χ0) is 16.8. The second kappa shape index (κ2) is 5.66. The van der Waals surface area contributed by atoms with Crippen molar-refractivity contribution in [3.8, 4) is 0 Å². The highest BCUT2D eigenvalue weighted by molar-refractivity contribution is 7.89. The van der Waals surface area contributed by atoms with Gasteiger partial charge in [0.15, 0.2) is 5.03 Å². The molecule has 0 unspecified atom stereocenters. The van der Waals surface area contributed by atoms with Crippen LogP contribution in [0.4, 0.5) is 8.78 Å². The number of benzene rings is 1. The van der Waals surface area contributed by atoms with Crippen LogP contribution >= 0.6 is 0 Å². The number of aromatic nitrogens is 2. The van der Waals surface area contributed by atoms with E-state index in [9.17, 15) is 22.3 Å². The number of hydrogen-bond donors (Lipinski definition) is 1. The summed E-state index contributed by atoms with van der Waals surface area (Å²) in [5.74, 6) is -1.38. The molecular weight excluding hydrogens is 328 g/mol. The summed E-state index contributed by atoms with van der Waals surface area (Å²) in [4.78, 5) is 0. The molecule has 9 heteroatoms. The topological polar surface area (TPSA) is 75.4 Å². The minimum Gasteiger partial charge on any atom is -0.392 e. The molecule has 1 aromatic heterocycles. The number of β-amino-alcohol motifs (C(OH)–C–C–N with tert-alkyl or cyclic N) is 1. The van der Waals surface area contributed by atoms with E-state index in [1.165, 1.54) is 24.0 Å². The predicted octanol–water partition coefficient (Wildman–Crippen LogP) is 1.19. The smallest absolute Gasteiger partial charge is 0.260 e. The van der Waals surface area contributed by atoms with Gasteiger partial charge in [0.1, 0.15) is 11.6 Å². The summed E-state index contributed by atoms with van der Waals surface area (Å²) < 4.78 is 55.2. The Hall–Kier alpha value is -1.84. The van der Waals surface area contributed by atoms with Crippen molar-refractivity contribution in [2.45, 2.75) is 23.6 Å². The molecule has 2 atom stereocenters. The minimum absolute atomic E-state index is 0.00253. The standard InChI is InChI=1S/C14H15F2N3O3S/c1-18-14(4-5-17-18)23(21,22)19-8-10(20)7-13(19)11-6-9(15)2-3-12(11)16/h2-6,10,13,20H,7-8H2,1H3/t10-,13-/m1/s1. The highest BCUT2D eigenvalue weighted by Crippen LogP contribution is 2.37. The summed E-state index contributed by atoms with van der Waals surface area (Å²) in [7, 11) is -2.53. The molecule has 2 aromatic rings. The molecular formula is C14H15F2N3O3S. The van der Waals surface area contributed by atoms with Gasteiger partial charge in [0, 0.05) is 19.2 Å². The van der Waals surface area contributed by atoms with Crippen LogP contribution in [0.2, 0.25) is 0 Å². The van der Waals surface area contributed by atoms with Crippen molar-refractivity contribution in [2.24, 2.45) is 7.05 Å². The molecule has 23 heavy (non-hydrogen) atoms. The fourth-order valence-electron chi connectivity index (χ4n) is 2.84. The first kappa shape index (κ1) is 16.0. The van der Waals surface area contributed by atoms with Crippen molar-refractivity contribution in [2.75, 3.05) is 6.54 Å². The lowest BCUT2D eigenvalue weighted by Crippen LogP contribution is -2.33. The van der Waals surface area contributed by atoms with Gasteiger partial charge in [-0.1, -0.05) is 0 Å². The Kier molecular flexibility index (Phi) is 3.95. The Morgan fingerprint density at radius 1 is 1.30 bits per heavy atom. The van der Waals surface area contributed by atoms with E-state index in [4.69, 9.17) is 0 Å². The SMILES string of the molecule is Cn1nccc1S(=O)(=O)N1C[C@H](O)C[C@@H]1c1cc(F)ccc1F. The van der Waals surface area contributed by atoms with Crippen molar-refractivity contribution in [1.82, 2.24) is 14.1 Å². The Morgan fingerprint density at radius 3 is 2.70 bits per heavy atom. The van der Waals surface area contributed by atoms with Crippen LogP contribution in [-0.2, 0) is 17.1 Å². The van der Waals surface area contributed by atoms with Crippen LogP contribution in [0.3, 0.4) is 0 Å². The summed E-state index contributed by atoms with van der Waals surface area (Å²) in [6.45, 7) is -0.186. The number of hydrogen-bond acceptors (Lipinski definition) is 4. The first-order chi connectivity index (χ1) is 10.8. The Labute approximate surface area is 132 Å². The number of halogens is 2.